The average molecular weight is 281 g/mol. The Labute approximate surface area is 114 Å². The first-order chi connectivity index (χ1) is 9.51. The third-order valence-electron chi connectivity index (χ3n) is 3.61. The maximum absolute atomic E-state index is 12.1. The molecule has 20 heavy (non-hydrogen) atoms. The first-order valence-electron chi connectivity index (χ1n) is 6.37. The molecular formula is C12H15N3O5. The van der Waals surface area contributed by atoms with E-state index in [1.165, 1.54) is 4.90 Å². The van der Waals surface area contributed by atoms with Crippen molar-refractivity contribution in [3.63, 3.8) is 0 Å². The average Bonchev–Trinajstić information content (AvgIpc) is 2.89. The van der Waals surface area contributed by atoms with Crippen LogP contribution in [0.4, 0.5) is 5.82 Å². The molecule has 0 radical (unpaired) electrons. The van der Waals surface area contributed by atoms with Crippen molar-refractivity contribution in [2.75, 3.05) is 11.5 Å². The lowest BCUT2D eigenvalue weighted by Gasteiger charge is -2.23. The normalized spacial score (nSPS) is 29.1. The van der Waals surface area contributed by atoms with Crippen LogP contribution in [0.15, 0.2) is 4.79 Å². The lowest BCUT2D eigenvalue weighted by atomic mass is 10.2. The second kappa shape index (κ2) is 4.65. The summed E-state index contributed by atoms with van der Waals surface area (Å²) in [6.07, 6.45) is -2.11. The number of H-pyrrole nitrogens is 1. The molecule has 2 aliphatic rings. The number of aryl methyl sites for hydroxylation is 1. The standard InChI is InChI=1S/C12H15N3O5/c1-5-13-11-6(12(19)14-5)2-9(18)15(11)10-3-7(17)8(4-16)20-10/h7-8,10,16-17H,2-4H2,1H3,(H,13,14,19)/t7-,8-,10-/m1/s1. The lowest BCUT2D eigenvalue weighted by Crippen LogP contribution is -2.38. The number of anilines is 1. The Bertz CT molecular complexity index is 614. The van der Waals surface area contributed by atoms with E-state index in [1.54, 1.807) is 6.92 Å². The summed E-state index contributed by atoms with van der Waals surface area (Å²) in [6.45, 7) is 1.30. The fourth-order valence-corrected chi connectivity index (χ4v) is 2.64. The van der Waals surface area contributed by atoms with E-state index in [9.17, 15) is 14.7 Å². The van der Waals surface area contributed by atoms with Crippen molar-refractivity contribution in [1.29, 1.82) is 0 Å². The zero-order valence-corrected chi connectivity index (χ0v) is 10.9. The minimum absolute atomic E-state index is 0.0301. The molecular weight excluding hydrogens is 266 g/mol. The first-order valence-corrected chi connectivity index (χ1v) is 6.37. The van der Waals surface area contributed by atoms with Crippen LogP contribution in [0.25, 0.3) is 0 Å². The second-order valence-electron chi connectivity index (χ2n) is 5.01. The van der Waals surface area contributed by atoms with E-state index in [2.05, 4.69) is 9.97 Å². The third-order valence-corrected chi connectivity index (χ3v) is 3.61. The Morgan fingerprint density at radius 2 is 2.25 bits per heavy atom. The van der Waals surface area contributed by atoms with Crippen molar-refractivity contribution < 1.29 is 19.7 Å². The van der Waals surface area contributed by atoms with E-state index in [-0.39, 0.29) is 36.7 Å². The van der Waals surface area contributed by atoms with Gasteiger partial charge in [0.25, 0.3) is 5.56 Å². The predicted molar refractivity (Wildman–Crippen MR) is 67.2 cm³/mol. The van der Waals surface area contributed by atoms with Crippen LogP contribution in [-0.2, 0) is 16.0 Å². The van der Waals surface area contributed by atoms with Crippen LogP contribution in [0.3, 0.4) is 0 Å². The number of carbonyl (C=O) groups is 1. The Balaban J connectivity index is 1.97. The smallest absolute Gasteiger partial charge is 0.256 e. The van der Waals surface area contributed by atoms with Crippen molar-refractivity contribution in [3.05, 3.63) is 21.7 Å². The van der Waals surface area contributed by atoms with Gasteiger partial charge in [-0.3, -0.25) is 14.5 Å². The van der Waals surface area contributed by atoms with Gasteiger partial charge in [-0.2, -0.15) is 0 Å². The number of amides is 1. The Hall–Kier alpha value is -1.77. The van der Waals surface area contributed by atoms with Gasteiger partial charge in [-0.05, 0) is 6.92 Å². The van der Waals surface area contributed by atoms with Gasteiger partial charge in [0.2, 0.25) is 5.91 Å². The van der Waals surface area contributed by atoms with Crippen molar-refractivity contribution in [2.24, 2.45) is 0 Å². The van der Waals surface area contributed by atoms with Gasteiger partial charge in [0.1, 0.15) is 24.0 Å². The van der Waals surface area contributed by atoms with E-state index < -0.39 is 18.4 Å². The molecule has 108 valence electrons. The number of aliphatic hydroxyl groups excluding tert-OH is 2. The van der Waals surface area contributed by atoms with E-state index >= 15 is 0 Å². The number of hydrogen-bond acceptors (Lipinski definition) is 6. The molecule has 8 heteroatoms. The summed E-state index contributed by atoms with van der Waals surface area (Å²) in [5, 5.41) is 18.8. The maximum atomic E-state index is 12.1. The van der Waals surface area contributed by atoms with Crippen LogP contribution < -0.4 is 10.5 Å². The third kappa shape index (κ3) is 1.92. The second-order valence-corrected chi connectivity index (χ2v) is 5.01. The molecule has 8 nitrogen and oxygen atoms in total. The van der Waals surface area contributed by atoms with Gasteiger partial charge in [-0.15, -0.1) is 0 Å². The van der Waals surface area contributed by atoms with Gasteiger partial charge < -0.3 is 19.9 Å². The number of ether oxygens (including phenoxy) is 1. The molecule has 0 spiro atoms. The van der Waals surface area contributed by atoms with E-state index in [1.807, 2.05) is 0 Å². The van der Waals surface area contributed by atoms with Crippen LogP contribution >= 0.6 is 0 Å². The molecule has 1 aromatic rings. The minimum Gasteiger partial charge on any atom is -0.394 e. The molecule has 0 aromatic carbocycles. The number of aromatic amines is 1. The highest BCUT2D eigenvalue weighted by Crippen LogP contribution is 2.32. The summed E-state index contributed by atoms with van der Waals surface area (Å²) in [7, 11) is 0. The molecule has 3 N–H and O–H groups in total. The number of hydrogen-bond donors (Lipinski definition) is 3. The molecule has 1 saturated heterocycles. The van der Waals surface area contributed by atoms with Gasteiger partial charge in [-0.25, -0.2) is 4.98 Å². The topological polar surface area (TPSA) is 116 Å². The zero-order valence-electron chi connectivity index (χ0n) is 10.9. The summed E-state index contributed by atoms with van der Waals surface area (Å²) in [5.74, 6) is 0.400. The van der Waals surface area contributed by atoms with Crippen LogP contribution in [0.1, 0.15) is 17.8 Å². The molecule has 3 heterocycles. The molecule has 3 rings (SSSR count). The summed E-state index contributed by atoms with van der Waals surface area (Å²) in [5.41, 5.74) is -0.0215. The van der Waals surface area contributed by atoms with Crippen molar-refractivity contribution >= 4 is 11.7 Å². The van der Waals surface area contributed by atoms with E-state index in [0.717, 1.165) is 0 Å². The monoisotopic (exact) mass is 281 g/mol. The quantitative estimate of drug-likeness (QED) is 0.603. The number of nitrogens with zero attached hydrogens (tertiary/aromatic N) is 2. The lowest BCUT2D eigenvalue weighted by molar-refractivity contribution is -0.120. The number of carbonyl (C=O) groups excluding carboxylic acids is 1. The minimum atomic E-state index is -0.843. The highest BCUT2D eigenvalue weighted by molar-refractivity contribution is 6.00. The molecule has 2 aliphatic heterocycles. The molecule has 0 aliphatic carbocycles. The van der Waals surface area contributed by atoms with Gasteiger partial charge >= 0.3 is 0 Å². The molecule has 3 atom stereocenters. The Morgan fingerprint density at radius 1 is 1.50 bits per heavy atom. The van der Waals surface area contributed by atoms with Crippen molar-refractivity contribution in [3.8, 4) is 0 Å². The highest BCUT2D eigenvalue weighted by atomic mass is 16.5. The number of fused-ring (bicyclic) bond motifs is 1. The van der Waals surface area contributed by atoms with Crippen molar-refractivity contribution in [2.45, 2.75) is 38.2 Å². The fourth-order valence-electron chi connectivity index (χ4n) is 2.64. The number of nitrogens with one attached hydrogen (secondary N) is 1. The predicted octanol–water partition coefficient (Wildman–Crippen LogP) is -1.56. The number of aliphatic hydroxyl groups is 2. The van der Waals surface area contributed by atoms with Gasteiger partial charge in [0.05, 0.1) is 24.7 Å². The van der Waals surface area contributed by atoms with Crippen LogP contribution in [0.2, 0.25) is 0 Å². The number of aromatic nitrogens is 2. The molecule has 1 fully saturated rings. The van der Waals surface area contributed by atoms with Gasteiger partial charge in [-0.1, -0.05) is 0 Å². The molecule has 1 aromatic heterocycles. The van der Waals surface area contributed by atoms with Gasteiger partial charge in [0.15, 0.2) is 0 Å². The van der Waals surface area contributed by atoms with Crippen molar-refractivity contribution in [1.82, 2.24) is 9.97 Å². The van der Waals surface area contributed by atoms with Crippen LogP contribution in [0.5, 0.6) is 0 Å². The molecule has 0 bridgehead atoms. The summed E-state index contributed by atoms with van der Waals surface area (Å²) >= 11 is 0. The van der Waals surface area contributed by atoms with Crippen LogP contribution in [-0.4, -0.2) is 51.1 Å². The first kappa shape index (κ1) is 13.2. The van der Waals surface area contributed by atoms with E-state index in [4.69, 9.17) is 9.84 Å². The maximum Gasteiger partial charge on any atom is 0.256 e. The van der Waals surface area contributed by atoms with Crippen LogP contribution in [0, 0.1) is 6.92 Å². The number of rotatable bonds is 2. The largest absolute Gasteiger partial charge is 0.394 e. The summed E-state index contributed by atoms with van der Waals surface area (Å²) < 4.78 is 5.47. The molecule has 1 amide bonds. The zero-order chi connectivity index (χ0) is 14.4. The molecule has 0 saturated carbocycles. The van der Waals surface area contributed by atoms with Gasteiger partial charge in [0, 0.05) is 6.42 Å². The summed E-state index contributed by atoms with van der Waals surface area (Å²) in [6, 6.07) is 0. The van der Waals surface area contributed by atoms with E-state index in [0.29, 0.717) is 11.4 Å². The fraction of sp³-hybridized carbons (Fsp3) is 0.583. The Morgan fingerprint density at radius 3 is 2.90 bits per heavy atom. The Kier molecular flexibility index (Phi) is 3.08. The SMILES string of the molecule is Cc1nc2c(c(=O)[nH]1)CC(=O)N2[C@H]1C[C@@H](O)[C@@H](CO)O1. The molecule has 0 unspecified atom stereocenters. The highest BCUT2D eigenvalue weighted by Gasteiger charge is 2.43. The summed E-state index contributed by atoms with van der Waals surface area (Å²) in [4.78, 5) is 32.0.